The van der Waals surface area contributed by atoms with Crippen molar-refractivity contribution in [2.24, 2.45) is 5.92 Å². The molecule has 0 fully saturated rings. The fraction of sp³-hybridized carbons (Fsp3) is 1.00. The molecule has 0 radical (unpaired) electrons. The van der Waals surface area contributed by atoms with E-state index in [2.05, 4.69) is 13.8 Å². The molecule has 0 aliphatic heterocycles. The van der Waals surface area contributed by atoms with Gasteiger partial charge in [-0.05, 0) is 12.3 Å². The summed E-state index contributed by atoms with van der Waals surface area (Å²) >= 11 is 0. The van der Waals surface area contributed by atoms with Crippen LogP contribution in [0.1, 0.15) is 117 Å². The minimum absolute atomic E-state index is 0.372. The Morgan fingerprint density at radius 1 is 0.571 bits per heavy atom. The Morgan fingerprint density at radius 2 is 1.00 bits per heavy atom. The van der Waals surface area contributed by atoms with Crippen LogP contribution in [0.5, 0.6) is 0 Å². The zero-order valence-electron chi connectivity index (χ0n) is 15.0. The molecule has 0 bridgehead atoms. The number of unbranched alkanes of at least 4 members (excludes halogenated alkanes) is 11. The van der Waals surface area contributed by atoms with E-state index in [0.29, 0.717) is 6.61 Å². The lowest BCUT2D eigenvalue weighted by molar-refractivity contribution is 0.282. The molecule has 0 aliphatic rings. The molecule has 1 atom stereocenters. The largest absolute Gasteiger partial charge is 0.396 e. The summed E-state index contributed by atoms with van der Waals surface area (Å²) in [6.45, 7) is 5.04. The van der Waals surface area contributed by atoms with Gasteiger partial charge in [-0.3, -0.25) is 0 Å². The van der Waals surface area contributed by atoms with Crippen molar-refractivity contribution < 1.29 is 5.11 Å². The molecule has 1 heteroatoms. The van der Waals surface area contributed by atoms with Crippen LogP contribution in [0.15, 0.2) is 0 Å². The zero-order valence-corrected chi connectivity index (χ0v) is 15.0. The van der Waals surface area contributed by atoms with Crippen molar-refractivity contribution in [3.8, 4) is 0 Å². The molecular formula is C20H42O. The van der Waals surface area contributed by atoms with Crippen molar-refractivity contribution in [1.29, 1.82) is 0 Å². The molecule has 0 saturated carbocycles. The Bertz CT molecular complexity index is 179. The van der Waals surface area contributed by atoms with Gasteiger partial charge in [-0.15, -0.1) is 0 Å². The number of rotatable bonds is 17. The average Bonchev–Trinajstić information content (AvgIpc) is 2.51. The highest BCUT2D eigenvalue weighted by Gasteiger charge is 2.05. The van der Waals surface area contributed by atoms with Gasteiger partial charge >= 0.3 is 0 Å². The molecule has 0 aromatic rings. The van der Waals surface area contributed by atoms with Crippen LogP contribution >= 0.6 is 0 Å². The first-order chi connectivity index (χ1) is 10.3. The van der Waals surface area contributed by atoms with Crippen LogP contribution in [0.25, 0.3) is 0 Å². The summed E-state index contributed by atoms with van der Waals surface area (Å²) in [5, 5.41) is 8.71. The Morgan fingerprint density at radius 3 is 1.43 bits per heavy atom. The fourth-order valence-corrected chi connectivity index (χ4v) is 3.19. The van der Waals surface area contributed by atoms with E-state index in [4.69, 9.17) is 5.11 Å². The standard InChI is InChI=1S/C20H42O/c1-3-5-14-17-20(4-2)18-15-12-10-8-6-7-9-11-13-16-19-21/h20-21H,3-19H2,1-2H3. The predicted octanol–water partition coefficient (Wildman–Crippen LogP) is 6.88. The summed E-state index contributed by atoms with van der Waals surface area (Å²) in [6, 6.07) is 0. The van der Waals surface area contributed by atoms with Gasteiger partial charge in [-0.2, -0.15) is 0 Å². The van der Waals surface area contributed by atoms with Crippen molar-refractivity contribution in [2.45, 2.75) is 117 Å². The lowest BCUT2D eigenvalue weighted by Gasteiger charge is -2.14. The van der Waals surface area contributed by atoms with Gasteiger partial charge in [0, 0.05) is 6.61 Å². The van der Waals surface area contributed by atoms with Gasteiger partial charge in [-0.1, -0.05) is 110 Å². The van der Waals surface area contributed by atoms with Gasteiger partial charge in [0.05, 0.1) is 0 Å². The fourth-order valence-electron chi connectivity index (χ4n) is 3.19. The van der Waals surface area contributed by atoms with Gasteiger partial charge in [-0.25, -0.2) is 0 Å². The SMILES string of the molecule is CCCCCC(CC)CCCCCCCCCCCCO. The van der Waals surface area contributed by atoms with E-state index < -0.39 is 0 Å². The highest BCUT2D eigenvalue weighted by atomic mass is 16.2. The zero-order chi connectivity index (χ0) is 15.6. The summed E-state index contributed by atoms with van der Waals surface area (Å²) < 4.78 is 0. The van der Waals surface area contributed by atoms with Crippen LogP contribution in [0.2, 0.25) is 0 Å². The van der Waals surface area contributed by atoms with Crippen LogP contribution in [0.3, 0.4) is 0 Å². The van der Waals surface area contributed by atoms with Crippen LogP contribution in [-0.4, -0.2) is 11.7 Å². The van der Waals surface area contributed by atoms with Crippen LogP contribution < -0.4 is 0 Å². The normalized spacial score (nSPS) is 12.7. The third-order valence-corrected chi connectivity index (χ3v) is 4.81. The molecule has 1 nitrogen and oxygen atoms in total. The van der Waals surface area contributed by atoms with E-state index in [1.54, 1.807) is 0 Å². The molecule has 0 spiro atoms. The molecular weight excluding hydrogens is 256 g/mol. The van der Waals surface area contributed by atoms with E-state index in [1.165, 1.54) is 96.3 Å². The summed E-state index contributed by atoms with van der Waals surface area (Å²) in [6.07, 6.45) is 22.1. The summed E-state index contributed by atoms with van der Waals surface area (Å²) in [5.41, 5.74) is 0. The Kier molecular flexibility index (Phi) is 18.0. The summed E-state index contributed by atoms with van der Waals surface area (Å²) in [4.78, 5) is 0. The maximum atomic E-state index is 8.71. The minimum Gasteiger partial charge on any atom is -0.396 e. The molecule has 1 unspecified atom stereocenters. The second kappa shape index (κ2) is 18.0. The number of aliphatic hydroxyl groups excluding tert-OH is 1. The van der Waals surface area contributed by atoms with Gasteiger partial charge in [0.25, 0.3) is 0 Å². The van der Waals surface area contributed by atoms with Crippen molar-refractivity contribution in [2.75, 3.05) is 6.61 Å². The second-order valence-corrected chi connectivity index (χ2v) is 6.82. The van der Waals surface area contributed by atoms with Gasteiger partial charge in [0.15, 0.2) is 0 Å². The molecule has 0 amide bonds. The Labute approximate surface area is 134 Å². The van der Waals surface area contributed by atoms with Crippen LogP contribution in [-0.2, 0) is 0 Å². The number of aliphatic hydroxyl groups is 1. The maximum Gasteiger partial charge on any atom is 0.0431 e. The molecule has 21 heavy (non-hydrogen) atoms. The summed E-state index contributed by atoms with van der Waals surface area (Å²) in [7, 11) is 0. The van der Waals surface area contributed by atoms with Crippen LogP contribution in [0, 0.1) is 5.92 Å². The van der Waals surface area contributed by atoms with Gasteiger partial charge in [0.2, 0.25) is 0 Å². The number of hydrogen-bond acceptors (Lipinski definition) is 1. The lowest BCUT2D eigenvalue weighted by Crippen LogP contribution is -1.99. The first-order valence-electron chi connectivity index (χ1n) is 9.96. The third-order valence-electron chi connectivity index (χ3n) is 4.81. The predicted molar refractivity (Wildman–Crippen MR) is 95.8 cm³/mol. The highest BCUT2D eigenvalue weighted by molar-refractivity contribution is 4.58. The third kappa shape index (κ3) is 16.2. The molecule has 0 rings (SSSR count). The van der Waals surface area contributed by atoms with Crippen molar-refractivity contribution in [1.82, 2.24) is 0 Å². The average molecular weight is 299 g/mol. The minimum atomic E-state index is 0.372. The molecule has 0 saturated heterocycles. The smallest absolute Gasteiger partial charge is 0.0431 e. The topological polar surface area (TPSA) is 20.2 Å². The Hall–Kier alpha value is -0.0400. The lowest BCUT2D eigenvalue weighted by atomic mass is 9.92. The Balaban J connectivity index is 3.19. The van der Waals surface area contributed by atoms with Crippen molar-refractivity contribution in [3.05, 3.63) is 0 Å². The molecule has 0 heterocycles. The van der Waals surface area contributed by atoms with E-state index in [1.807, 2.05) is 0 Å². The first kappa shape index (κ1) is 21.0. The molecule has 128 valence electrons. The second-order valence-electron chi connectivity index (χ2n) is 6.82. The summed E-state index contributed by atoms with van der Waals surface area (Å²) in [5.74, 6) is 1.00. The first-order valence-corrected chi connectivity index (χ1v) is 9.96. The maximum absolute atomic E-state index is 8.71. The van der Waals surface area contributed by atoms with Gasteiger partial charge < -0.3 is 5.11 Å². The van der Waals surface area contributed by atoms with Crippen molar-refractivity contribution >= 4 is 0 Å². The highest BCUT2D eigenvalue weighted by Crippen LogP contribution is 2.21. The van der Waals surface area contributed by atoms with Gasteiger partial charge in [0.1, 0.15) is 0 Å². The van der Waals surface area contributed by atoms with E-state index in [9.17, 15) is 0 Å². The quantitative estimate of drug-likeness (QED) is 0.290. The number of hydrogen-bond donors (Lipinski definition) is 1. The molecule has 0 aliphatic carbocycles. The van der Waals surface area contributed by atoms with Crippen LogP contribution in [0.4, 0.5) is 0 Å². The van der Waals surface area contributed by atoms with Crippen molar-refractivity contribution in [3.63, 3.8) is 0 Å². The van der Waals surface area contributed by atoms with E-state index in [-0.39, 0.29) is 0 Å². The van der Waals surface area contributed by atoms with E-state index in [0.717, 1.165) is 12.3 Å². The monoisotopic (exact) mass is 298 g/mol. The molecule has 1 N–H and O–H groups in total. The van der Waals surface area contributed by atoms with E-state index >= 15 is 0 Å². The molecule has 0 aromatic heterocycles. The molecule has 0 aromatic carbocycles.